The van der Waals surface area contributed by atoms with E-state index in [1.54, 1.807) is 0 Å². The quantitative estimate of drug-likeness (QED) is 0.343. The van der Waals surface area contributed by atoms with Crippen molar-refractivity contribution in [2.24, 2.45) is 7.05 Å². The van der Waals surface area contributed by atoms with Gasteiger partial charge >= 0.3 is 11.4 Å². The molecule has 3 aliphatic rings. The smallest absolute Gasteiger partial charge is 0.223 e. The first-order valence-electron chi connectivity index (χ1n) is 10.3. The second kappa shape index (κ2) is 4.85. The number of benzene rings is 3. The molecule has 0 radical (unpaired) electrons. The molecule has 2 aromatic heterocycles. The maximum absolute atomic E-state index is 2.54. The van der Waals surface area contributed by atoms with Crippen molar-refractivity contribution in [2.45, 2.75) is 15.3 Å². The molecule has 0 aliphatic carbocycles. The zero-order chi connectivity index (χ0) is 19.6. The van der Waals surface area contributed by atoms with E-state index in [1.165, 1.54) is 54.7 Å². The number of hydrogen-bond donors (Lipinski definition) is 0. The lowest BCUT2D eigenvalue weighted by Crippen LogP contribution is -2.57. The van der Waals surface area contributed by atoms with Gasteiger partial charge in [-0.3, -0.25) is 0 Å². The second-order valence-corrected chi connectivity index (χ2v) is 9.39. The Hall–Kier alpha value is -3.37. The third kappa shape index (κ3) is 1.41. The van der Waals surface area contributed by atoms with Crippen LogP contribution < -0.4 is 9.13 Å². The topological polar surface area (TPSA) is 12.7 Å². The van der Waals surface area contributed by atoms with Crippen LogP contribution in [0.5, 0.6) is 0 Å². The summed E-state index contributed by atoms with van der Waals surface area (Å²) in [4.78, 5) is 2.67. The second-order valence-electron chi connectivity index (χ2n) is 8.31. The summed E-state index contributed by atoms with van der Waals surface area (Å²) in [6.45, 7) is 0. The summed E-state index contributed by atoms with van der Waals surface area (Å²) in [6, 6.07) is 29.0. The summed E-state index contributed by atoms with van der Waals surface area (Å²) >= 11 is 1.90. The fourth-order valence-electron chi connectivity index (χ4n) is 6.06. The summed E-state index contributed by atoms with van der Waals surface area (Å²) in [6.07, 6.45) is 2.26. The number of aromatic nitrogens is 3. The Bertz CT molecular complexity index is 1550. The molecule has 3 nitrogen and oxygen atoms in total. The number of para-hydroxylation sites is 2. The normalized spacial score (nSPS) is 18.8. The molecule has 140 valence electrons. The highest BCUT2D eigenvalue weighted by atomic mass is 32.2. The van der Waals surface area contributed by atoms with E-state index in [9.17, 15) is 0 Å². The molecule has 0 amide bonds. The van der Waals surface area contributed by atoms with E-state index in [2.05, 4.69) is 106 Å². The third-order valence-corrected chi connectivity index (χ3v) is 8.16. The van der Waals surface area contributed by atoms with Crippen LogP contribution in [0.3, 0.4) is 0 Å². The van der Waals surface area contributed by atoms with Crippen molar-refractivity contribution >= 4 is 22.8 Å². The number of aryl methyl sites for hydroxylation is 1. The lowest BCUT2D eigenvalue weighted by atomic mass is 9.83. The van der Waals surface area contributed by atoms with E-state index in [0.29, 0.717) is 0 Å². The minimum Gasteiger partial charge on any atom is -0.223 e. The van der Waals surface area contributed by atoms with Crippen molar-refractivity contribution in [3.05, 3.63) is 102 Å². The van der Waals surface area contributed by atoms with Crippen LogP contribution in [-0.4, -0.2) is 4.57 Å². The Labute approximate surface area is 177 Å². The standard InChI is InChI=1S/C26H17N3S/c1-27-20-12-7-14-22-24(20)29-23-18(10-6-13-21(23)30-22)26(25(27)29)17-9-3-2-8-16(17)19-11-4-5-15-28(19)26/h2-15H,1H3/q+2. The molecule has 8 rings (SSSR count). The van der Waals surface area contributed by atoms with E-state index >= 15 is 0 Å². The Morgan fingerprint density at radius 3 is 2.57 bits per heavy atom. The Morgan fingerprint density at radius 1 is 0.800 bits per heavy atom. The molecule has 3 aliphatic heterocycles. The molecular weight excluding hydrogens is 386 g/mol. The molecule has 1 spiro atoms. The predicted molar refractivity (Wildman–Crippen MR) is 116 cm³/mol. The van der Waals surface area contributed by atoms with Crippen LogP contribution in [0.2, 0.25) is 0 Å². The molecule has 0 fully saturated rings. The zero-order valence-electron chi connectivity index (χ0n) is 16.3. The van der Waals surface area contributed by atoms with Crippen molar-refractivity contribution in [1.82, 2.24) is 4.57 Å². The maximum atomic E-state index is 2.54. The minimum absolute atomic E-state index is 0.367. The Morgan fingerprint density at radius 2 is 1.60 bits per heavy atom. The van der Waals surface area contributed by atoms with Crippen LogP contribution in [0.4, 0.5) is 0 Å². The number of nitrogens with zero attached hydrogens (tertiary/aromatic N) is 3. The summed E-state index contributed by atoms with van der Waals surface area (Å²) in [5.41, 5.74) is 8.93. The minimum atomic E-state index is -0.367. The van der Waals surface area contributed by atoms with Gasteiger partial charge in [0.15, 0.2) is 22.9 Å². The fourth-order valence-corrected chi connectivity index (χ4v) is 7.18. The molecular formula is C26H17N3S+2. The highest BCUT2D eigenvalue weighted by molar-refractivity contribution is 7.99. The zero-order valence-corrected chi connectivity index (χ0v) is 17.1. The van der Waals surface area contributed by atoms with E-state index in [4.69, 9.17) is 0 Å². The first-order chi connectivity index (χ1) is 14.8. The molecule has 0 N–H and O–H groups in total. The number of pyridine rings is 1. The monoisotopic (exact) mass is 403 g/mol. The predicted octanol–water partition coefficient (Wildman–Crippen LogP) is 4.34. The maximum Gasteiger partial charge on any atom is 0.346 e. The number of imidazole rings is 1. The molecule has 30 heavy (non-hydrogen) atoms. The molecule has 1 atom stereocenters. The molecule has 5 aromatic rings. The molecule has 0 saturated heterocycles. The molecule has 3 aromatic carbocycles. The number of fused-ring (bicyclic) bond motifs is 7. The Kier molecular flexibility index (Phi) is 2.50. The van der Waals surface area contributed by atoms with Crippen molar-refractivity contribution in [3.8, 4) is 16.9 Å². The van der Waals surface area contributed by atoms with Gasteiger partial charge < -0.3 is 0 Å². The van der Waals surface area contributed by atoms with E-state index in [-0.39, 0.29) is 5.54 Å². The summed E-state index contributed by atoms with van der Waals surface area (Å²) in [7, 11) is 2.23. The fraction of sp³-hybridized carbons (Fsp3) is 0.0769. The van der Waals surface area contributed by atoms with Crippen molar-refractivity contribution in [3.63, 3.8) is 0 Å². The largest absolute Gasteiger partial charge is 0.346 e. The molecule has 5 heterocycles. The molecule has 4 heteroatoms. The van der Waals surface area contributed by atoms with Gasteiger partial charge in [0.05, 0.1) is 33.5 Å². The van der Waals surface area contributed by atoms with Crippen LogP contribution in [0.1, 0.15) is 17.0 Å². The van der Waals surface area contributed by atoms with E-state index in [1.807, 2.05) is 11.8 Å². The molecule has 1 unspecified atom stereocenters. The van der Waals surface area contributed by atoms with Gasteiger partial charge in [0, 0.05) is 12.1 Å². The summed E-state index contributed by atoms with van der Waals surface area (Å²) < 4.78 is 7.45. The van der Waals surface area contributed by atoms with Crippen molar-refractivity contribution in [2.75, 3.05) is 0 Å². The first kappa shape index (κ1) is 15.5. The van der Waals surface area contributed by atoms with Gasteiger partial charge in [0.1, 0.15) is 0 Å². The summed E-state index contributed by atoms with van der Waals surface area (Å²) in [5.74, 6) is 1.31. The first-order valence-corrected chi connectivity index (χ1v) is 11.1. The summed E-state index contributed by atoms with van der Waals surface area (Å²) in [5, 5.41) is 0. The molecule has 0 saturated carbocycles. The molecule has 0 bridgehead atoms. The SMILES string of the molecule is Cn1c2[n+]3c4c(cccc41)Sc1cccc(c1-3)C21c2ccccc2-c2cccc[n+]21. The average molecular weight is 404 g/mol. The van der Waals surface area contributed by atoms with Crippen LogP contribution in [0.15, 0.2) is 94.9 Å². The Balaban J connectivity index is 1.71. The van der Waals surface area contributed by atoms with Gasteiger partial charge in [-0.15, -0.1) is 0 Å². The van der Waals surface area contributed by atoms with Crippen molar-refractivity contribution in [1.29, 1.82) is 0 Å². The number of hydrogen-bond acceptors (Lipinski definition) is 1. The van der Waals surface area contributed by atoms with E-state index < -0.39 is 0 Å². The van der Waals surface area contributed by atoms with Crippen molar-refractivity contribution < 1.29 is 9.13 Å². The third-order valence-electron chi connectivity index (χ3n) is 7.06. The highest BCUT2D eigenvalue weighted by Crippen LogP contribution is 2.54. The van der Waals surface area contributed by atoms with E-state index in [0.717, 1.165) is 0 Å². The van der Waals surface area contributed by atoms with Gasteiger partial charge in [-0.25, -0.2) is 4.57 Å². The highest BCUT2D eigenvalue weighted by Gasteiger charge is 2.67. The van der Waals surface area contributed by atoms with Crippen LogP contribution >= 0.6 is 11.8 Å². The van der Waals surface area contributed by atoms with Gasteiger partial charge in [-0.05, 0) is 36.4 Å². The van der Waals surface area contributed by atoms with Gasteiger partial charge in [-0.2, -0.15) is 9.13 Å². The lowest BCUT2D eigenvalue weighted by molar-refractivity contribution is -0.733. The average Bonchev–Trinajstić information content (AvgIpc) is 3.38. The number of rotatable bonds is 0. The lowest BCUT2D eigenvalue weighted by Gasteiger charge is -2.19. The van der Waals surface area contributed by atoms with Gasteiger partial charge in [0.25, 0.3) is 0 Å². The van der Waals surface area contributed by atoms with Gasteiger partial charge in [-0.1, -0.05) is 42.1 Å². The van der Waals surface area contributed by atoms with Crippen LogP contribution in [0, 0.1) is 0 Å². The van der Waals surface area contributed by atoms with Crippen LogP contribution in [-0.2, 0) is 12.6 Å². The van der Waals surface area contributed by atoms with Gasteiger partial charge in [0.2, 0.25) is 5.69 Å². The van der Waals surface area contributed by atoms with Crippen LogP contribution in [0.25, 0.3) is 28.0 Å².